The Balaban J connectivity index is 1.76. The normalized spacial score (nSPS) is 19.0. The maximum Gasteiger partial charge on any atom is 0.416 e. The lowest BCUT2D eigenvalue weighted by atomic mass is 10.0. The third-order valence-electron chi connectivity index (χ3n) is 3.73. The zero-order chi connectivity index (χ0) is 16.4. The summed E-state index contributed by atoms with van der Waals surface area (Å²) in [6, 6.07) is 7.12. The Morgan fingerprint density at radius 3 is 2.57 bits per heavy atom. The Bertz CT molecular complexity index is 676. The lowest BCUT2D eigenvalue weighted by Crippen LogP contribution is -2.38. The van der Waals surface area contributed by atoms with Crippen LogP contribution in [-0.2, 0) is 10.9 Å². The average molecular weight is 387 g/mol. The molecule has 0 bridgehead atoms. The van der Waals surface area contributed by atoms with Crippen LogP contribution in [0.3, 0.4) is 0 Å². The van der Waals surface area contributed by atoms with Crippen molar-refractivity contribution in [3.8, 4) is 0 Å². The van der Waals surface area contributed by atoms with Crippen LogP contribution in [0.5, 0.6) is 0 Å². The van der Waals surface area contributed by atoms with Crippen LogP contribution in [-0.4, -0.2) is 24.7 Å². The van der Waals surface area contributed by atoms with Crippen LogP contribution in [0.4, 0.5) is 18.9 Å². The molecule has 23 heavy (non-hydrogen) atoms. The second kappa shape index (κ2) is 6.49. The second-order valence-electron chi connectivity index (χ2n) is 5.29. The molecule has 1 aliphatic heterocycles. The van der Waals surface area contributed by atoms with Gasteiger partial charge in [-0.2, -0.15) is 13.2 Å². The van der Waals surface area contributed by atoms with Crippen molar-refractivity contribution in [2.45, 2.75) is 12.3 Å². The summed E-state index contributed by atoms with van der Waals surface area (Å²) in [5.41, 5.74) is 1.05. The molecule has 1 atom stereocenters. The summed E-state index contributed by atoms with van der Waals surface area (Å²) in [4.78, 5) is 6.26. The molecule has 122 valence electrons. The molecule has 1 aliphatic rings. The third kappa shape index (κ3) is 3.84. The first kappa shape index (κ1) is 16.3. The van der Waals surface area contributed by atoms with E-state index < -0.39 is 11.7 Å². The predicted octanol–water partition coefficient (Wildman–Crippen LogP) is 4.44. The van der Waals surface area contributed by atoms with E-state index in [2.05, 4.69) is 25.8 Å². The number of anilines is 1. The number of morpholine rings is 1. The van der Waals surface area contributed by atoms with Crippen molar-refractivity contribution in [2.24, 2.45) is 0 Å². The highest BCUT2D eigenvalue weighted by Crippen LogP contribution is 2.32. The minimum Gasteiger partial charge on any atom is -0.370 e. The van der Waals surface area contributed by atoms with Gasteiger partial charge < -0.3 is 9.64 Å². The largest absolute Gasteiger partial charge is 0.416 e. The molecule has 1 aromatic heterocycles. The van der Waals surface area contributed by atoms with Crippen molar-refractivity contribution in [3.05, 3.63) is 58.3 Å². The van der Waals surface area contributed by atoms with Gasteiger partial charge in [-0.25, -0.2) is 0 Å². The van der Waals surface area contributed by atoms with Gasteiger partial charge in [-0.15, -0.1) is 0 Å². The van der Waals surface area contributed by atoms with Gasteiger partial charge in [-0.05, 0) is 39.7 Å². The van der Waals surface area contributed by atoms with E-state index in [0.717, 1.165) is 34.4 Å². The third-order valence-corrected chi connectivity index (χ3v) is 4.17. The maximum atomic E-state index is 12.6. The minimum atomic E-state index is -4.32. The van der Waals surface area contributed by atoms with Crippen molar-refractivity contribution in [3.63, 3.8) is 0 Å². The molecule has 2 aromatic rings. The fourth-order valence-corrected chi connectivity index (χ4v) is 2.90. The van der Waals surface area contributed by atoms with Crippen molar-refractivity contribution in [1.82, 2.24) is 4.98 Å². The molecule has 1 saturated heterocycles. The summed E-state index contributed by atoms with van der Waals surface area (Å²) in [6.07, 6.45) is -1.11. The van der Waals surface area contributed by atoms with Gasteiger partial charge in [0.05, 0.1) is 24.1 Å². The highest BCUT2D eigenvalue weighted by atomic mass is 79.9. The minimum absolute atomic E-state index is 0.259. The fraction of sp³-hybridized carbons (Fsp3) is 0.312. The first-order chi connectivity index (χ1) is 10.9. The van der Waals surface area contributed by atoms with Gasteiger partial charge in [0.1, 0.15) is 6.10 Å². The van der Waals surface area contributed by atoms with E-state index >= 15 is 0 Å². The summed E-state index contributed by atoms with van der Waals surface area (Å²) in [7, 11) is 0. The molecule has 0 aliphatic carbocycles. The monoisotopic (exact) mass is 386 g/mol. The van der Waals surface area contributed by atoms with Crippen molar-refractivity contribution in [2.75, 3.05) is 24.6 Å². The summed E-state index contributed by atoms with van der Waals surface area (Å²) in [5.74, 6) is 0. The number of ether oxygens (including phenoxy) is 1. The Kier molecular flexibility index (Phi) is 4.59. The lowest BCUT2D eigenvalue weighted by Gasteiger charge is -2.34. The number of hydrogen-bond acceptors (Lipinski definition) is 3. The van der Waals surface area contributed by atoms with Crippen LogP contribution in [0.25, 0.3) is 0 Å². The summed E-state index contributed by atoms with van der Waals surface area (Å²) >= 11 is 3.39. The number of rotatable bonds is 2. The molecule has 7 heteroatoms. The molecular formula is C16H14BrF3N2O. The number of pyridine rings is 1. The molecule has 1 aromatic carbocycles. The maximum absolute atomic E-state index is 12.6. The van der Waals surface area contributed by atoms with Crippen molar-refractivity contribution in [1.29, 1.82) is 0 Å². The van der Waals surface area contributed by atoms with E-state index in [1.807, 2.05) is 6.07 Å². The molecule has 0 radical (unpaired) electrons. The Morgan fingerprint density at radius 1 is 1.17 bits per heavy atom. The first-order valence-electron chi connectivity index (χ1n) is 7.08. The lowest BCUT2D eigenvalue weighted by molar-refractivity contribution is -0.137. The summed E-state index contributed by atoms with van der Waals surface area (Å²) < 4.78 is 44.5. The van der Waals surface area contributed by atoms with Crippen LogP contribution < -0.4 is 4.90 Å². The molecule has 2 heterocycles. The van der Waals surface area contributed by atoms with Gasteiger partial charge in [0, 0.05) is 23.8 Å². The van der Waals surface area contributed by atoms with Gasteiger partial charge >= 0.3 is 6.18 Å². The van der Waals surface area contributed by atoms with Crippen LogP contribution >= 0.6 is 15.9 Å². The number of aromatic nitrogens is 1. The molecule has 0 saturated carbocycles. The molecule has 1 fully saturated rings. The van der Waals surface area contributed by atoms with E-state index in [1.54, 1.807) is 12.4 Å². The van der Waals surface area contributed by atoms with Crippen molar-refractivity contribution < 1.29 is 17.9 Å². The topological polar surface area (TPSA) is 25.4 Å². The van der Waals surface area contributed by atoms with E-state index in [9.17, 15) is 13.2 Å². The van der Waals surface area contributed by atoms with Gasteiger partial charge in [-0.1, -0.05) is 12.1 Å². The molecule has 3 rings (SSSR count). The zero-order valence-corrected chi connectivity index (χ0v) is 13.6. The number of nitrogens with zero attached hydrogens (tertiary/aromatic N) is 2. The fourth-order valence-electron chi connectivity index (χ4n) is 2.55. The predicted molar refractivity (Wildman–Crippen MR) is 84.3 cm³/mol. The summed E-state index contributed by atoms with van der Waals surface area (Å²) in [5, 5.41) is 0. The van der Waals surface area contributed by atoms with E-state index in [1.165, 1.54) is 12.1 Å². The summed E-state index contributed by atoms with van der Waals surface area (Å²) in [6.45, 7) is 1.80. The average Bonchev–Trinajstić information content (AvgIpc) is 2.54. The van der Waals surface area contributed by atoms with Crippen LogP contribution in [0.15, 0.2) is 47.2 Å². The molecule has 3 nitrogen and oxygen atoms in total. The number of halogens is 4. The second-order valence-corrected chi connectivity index (χ2v) is 6.20. The highest BCUT2D eigenvalue weighted by Gasteiger charge is 2.30. The quantitative estimate of drug-likeness (QED) is 0.762. The molecular weight excluding hydrogens is 373 g/mol. The van der Waals surface area contributed by atoms with E-state index in [-0.39, 0.29) is 6.10 Å². The van der Waals surface area contributed by atoms with Gasteiger partial charge in [-0.3, -0.25) is 4.98 Å². The van der Waals surface area contributed by atoms with Crippen LogP contribution in [0, 0.1) is 0 Å². The first-order valence-corrected chi connectivity index (χ1v) is 7.87. The number of hydrogen-bond donors (Lipinski definition) is 0. The highest BCUT2D eigenvalue weighted by molar-refractivity contribution is 9.10. The van der Waals surface area contributed by atoms with Gasteiger partial charge in [0.25, 0.3) is 0 Å². The Morgan fingerprint density at radius 2 is 1.91 bits per heavy atom. The number of benzene rings is 1. The molecule has 0 N–H and O–H groups in total. The van der Waals surface area contributed by atoms with E-state index in [4.69, 9.17) is 4.74 Å². The van der Waals surface area contributed by atoms with Crippen LogP contribution in [0.1, 0.15) is 17.2 Å². The smallest absolute Gasteiger partial charge is 0.370 e. The number of alkyl halides is 3. The Labute approximate surface area is 140 Å². The van der Waals surface area contributed by atoms with Crippen LogP contribution in [0.2, 0.25) is 0 Å². The molecule has 0 spiro atoms. The van der Waals surface area contributed by atoms with Gasteiger partial charge in [0.2, 0.25) is 0 Å². The van der Waals surface area contributed by atoms with Gasteiger partial charge in [0.15, 0.2) is 0 Å². The zero-order valence-electron chi connectivity index (χ0n) is 12.1. The molecule has 1 unspecified atom stereocenters. The standard InChI is InChI=1S/C16H14BrF3N2O/c17-13-7-14(9-21-8-13)22-5-6-23-15(10-22)11-1-3-12(4-2-11)16(18,19)20/h1-4,7-9,15H,5-6,10H2. The molecule has 0 amide bonds. The van der Waals surface area contributed by atoms with Crippen molar-refractivity contribution >= 4 is 21.6 Å². The van der Waals surface area contributed by atoms with E-state index in [0.29, 0.717) is 13.2 Å². The Hall–Kier alpha value is -1.60. The SMILES string of the molecule is FC(F)(F)c1ccc(C2CN(c3cncc(Br)c3)CCO2)cc1.